The number of thiophene rings is 1. The van der Waals surface area contributed by atoms with E-state index < -0.39 is 6.17 Å². The van der Waals surface area contributed by atoms with Crippen LogP contribution < -0.4 is 10.9 Å². The number of fused-ring (bicyclic) bond motifs is 1. The van der Waals surface area contributed by atoms with Gasteiger partial charge in [0.2, 0.25) is 5.95 Å². The predicted octanol–water partition coefficient (Wildman–Crippen LogP) is 2.61. The van der Waals surface area contributed by atoms with Crippen LogP contribution in [0.2, 0.25) is 0 Å². The summed E-state index contributed by atoms with van der Waals surface area (Å²) in [5, 5.41) is 24.5. The monoisotopic (exact) mass is 403 g/mol. The molecule has 1 aliphatic heterocycles. The average Bonchev–Trinajstić information content (AvgIpc) is 3.16. The molecule has 2 aromatic heterocycles. The average molecular weight is 403 g/mol. The summed E-state index contributed by atoms with van der Waals surface area (Å²) in [6.07, 6.45) is -0.547. The largest absolute Gasteiger partial charge is 0.507 e. The summed E-state index contributed by atoms with van der Waals surface area (Å²) in [5.41, 5.74) is 0.0624. The molecule has 28 heavy (non-hydrogen) atoms. The van der Waals surface area contributed by atoms with Crippen molar-refractivity contribution in [2.75, 3.05) is 25.0 Å². The number of hydrogen-bond donors (Lipinski definition) is 2. The van der Waals surface area contributed by atoms with E-state index in [0.29, 0.717) is 36.4 Å². The Labute approximate surface area is 165 Å². The first kappa shape index (κ1) is 18.8. The third-order valence-corrected chi connectivity index (χ3v) is 6.07. The molecule has 0 saturated carbocycles. The minimum Gasteiger partial charge on any atom is -0.507 e. The second-order valence-corrected chi connectivity index (χ2v) is 8.00. The van der Waals surface area contributed by atoms with Gasteiger partial charge in [-0.15, -0.1) is 21.5 Å². The summed E-state index contributed by atoms with van der Waals surface area (Å²) in [4.78, 5) is 14.9. The molecule has 3 aromatic rings. The zero-order chi connectivity index (χ0) is 19.8. The Morgan fingerprint density at radius 1 is 1.32 bits per heavy atom. The highest BCUT2D eigenvalue weighted by atomic mass is 32.1. The standard InChI is InChI=1S/C19H22FN5O2S/c1-3-25-9-11(20)8-12(10-25)21-19-23-22-16(18(27)24(19)2)14-4-5-15-13(17(14)26)6-7-28-15/h4-7,11-12,26H,3,8-10H2,1-2H3,(H,21,23)/t11-,12-/m1/s1. The van der Waals surface area contributed by atoms with Crippen LogP contribution in [0.3, 0.4) is 0 Å². The smallest absolute Gasteiger partial charge is 0.281 e. The number of likely N-dealkylation sites (tertiary alicyclic amines) is 1. The maximum absolute atomic E-state index is 14.0. The van der Waals surface area contributed by atoms with Crippen molar-refractivity contribution in [3.63, 3.8) is 0 Å². The fourth-order valence-electron chi connectivity index (χ4n) is 3.65. The SMILES string of the molecule is CCN1C[C@H](F)C[C@@H](Nc2nnc(-c3ccc4sccc4c3O)c(=O)n2C)C1. The van der Waals surface area contributed by atoms with Crippen LogP contribution in [-0.2, 0) is 7.05 Å². The number of halogens is 1. The van der Waals surface area contributed by atoms with Gasteiger partial charge < -0.3 is 10.4 Å². The van der Waals surface area contributed by atoms with Crippen molar-refractivity contribution >= 4 is 27.4 Å². The van der Waals surface area contributed by atoms with E-state index in [-0.39, 0.29) is 23.0 Å². The molecule has 3 heterocycles. The number of anilines is 1. The van der Waals surface area contributed by atoms with Gasteiger partial charge in [0.15, 0.2) is 5.69 Å². The molecular weight excluding hydrogens is 381 g/mol. The van der Waals surface area contributed by atoms with Gasteiger partial charge in [0.05, 0.1) is 5.56 Å². The first-order chi connectivity index (χ1) is 13.5. The Balaban J connectivity index is 1.65. The zero-order valence-corrected chi connectivity index (χ0v) is 16.5. The van der Waals surface area contributed by atoms with Gasteiger partial charge in [0.1, 0.15) is 11.9 Å². The fourth-order valence-corrected chi connectivity index (χ4v) is 4.44. The molecule has 0 bridgehead atoms. The topological polar surface area (TPSA) is 83.3 Å². The van der Waals surface area contributed by atoms with E-state index in [1.54, 1.807) is 13.1 Å². The van der Waals surface area contributed by atoms with Crippen LogP contribution in [0.5, 0.6) is 5.75 Å². The number of nitrogens with one attached hydrogen (secondary N) is 1. The van der Waals surface area contributed by atoms with E-state index in [1.807, 2.05) is 29.3 Å². The summed E-state index contributed by atoms with van der Waals surface area (Å²) in [7, 11) is 1.59. The third kappa shape index (κ3) is 3.35. The first-order valence-electron chi connectivity index (χ1n) is 9.24. The van der Waals surface area contributed by atoms with Crippen LogP contribution in [-0.4, -0.2) is 56.6 Å². The molecule has 0 unspecified atom stereocenters. The quantitative estimate of drug-likeness (QED) is 0.697. The van der Waals surface area contributed by atoms with Crippen molar-refractivity contribution < 1.29 is 9.50 Å². The lowest BCUT2D eigenvalue weighted by molar-refractivity contribution is 0.134. The number of nitrogens with zero attached hydrogens (tertiary/aromatic N) is 4. The second kappa shape index (κ2) is 7.48. The minimum atomic E-state index is -0.912. The molecule has 4 rings (SSSR count). The fraction of sp³-hybridized carbons (Fsp3) is 0.421. The highest BCUT2D eigenvalue weighted by Gasteiger charge is 2.27. The Bertz CT molecular complexity index is 1070. The van der Waals surface area contributed by atoms with Crippen LogP contribution in [0, 0.1) is 0 Å². The van der Waals surface area contributed by atoms with Gasteiger partial charge in [-0.2, -0.15) is 0 Å². The van der Waals surface area contributed by atoms with Gasteiger partial charge >= 0.3 is 0 Å². The second-order valence-electron chi connectivity index (χ2n) is 7.06. The van der Waals surface area contributed by atoms with Crippen molar-refractivity contribution in [1.29, 1.82) is 0 Å². The van der Waals surface area contributed by atoms with Gasteiger partial charge in [-0.3, -0.25) is 14.3 Å². The molecule has 2 atom stereocenters. The molecule has 0 amide bonds. The summed E-state index contributed by atoms with van der Waals surface area (Å²) in [5.74, 6) is 0.317. The summed E-state index contributed by atoms with van der Waals surface area (Å²) < 4.78 is 16.3. The molecule has 1 aromatic carbocycles. The minimum absolute atomic E-state index is 0.0250. The van der Waals surface area contributed by atoms with E-state index in [4.69, 9.17) is 0 Å². The van der Waals surface area contributed by atoms with Gasteiger partial charge in [-0.1, -0.05) is 6.92 Å². The molecule has 0 spiro atoms. The molecule has 7 nitrogen and oxygen atoms in total. The number of piperidine rings is 1. The summed E-state index contributed by atoms with van der Waals surface area (Å²) in [6, 6.07) is 5.19. The van der Waals surface area contributed by atoms with Crippen LogP contribution >= 0.6 is 11.3 Å². The normalized spacial score (nSPS) is 20.5. The van der Waals surface area contributed by atoms with E-state index >= 15 is 0 Å². The maximum Gasteiger partial charge on any atom is 0.281 e. The number of aromatic nitrogens is 3. The first-order valence-corrected chi connectivity index (χ1v) is 10.1. The number of alkyl halides is 1. The molecule has 2 N–H and O–H groups in total. The van der Waals surface area contributed by atoms with Crippen LogP contribution in [0.4, 0.5) is 10.3 Å². The Hall–Kier alpha value is -2.52. The molecule has 1 saturated heterocycles. The lowest BCUT2D eigenvalue weighted by Gasteiger charge is -2.34. The van der Waals surface area contributed by atoms with Crippen LogP contribution in [0.15, 0.2) is 28.4 Å². The summed E-state index contributed by atoms with van der Waals surface area (Å²) in [6.45, 7) is 3.88. The lowest BCUT2D eigenvalue weighted by Crippen LogP contribution is -2.47. The predicted molar refractivity (Wildman–Crippen MR) is 109 cm³/mol. The van der Waals surface area contributed by atoms with Gasteiger partial charge in [-0.25, -0.2) is 4.39 Å². The van der Waals surface area contributed by atoms with E-state index in [9.17, 15) is 14.3 Å². The number of phenolic OH excluding ortho intramolecular Hbond substituents is 1. The van der Waals surface area contributed by atoms with Crippen molar-refractivity contribution in [3.8, 4) is 17.0 Å². The molecule has 9 heteroatoms. The molecule has 1 aliphatic rings. The van der Waals surface area contributed by atoms with Crippen molar-refractivity contribution in [2.45, 2.75) is 25.6 Å². The number of phenols is 1. The number of likely N-dealkylation sites (N-methyl/N-ethyl adjacent to an activating group) is 1. The number of benzene rings is 1. The lowest BCUT2D eigenvalue weighted by atomic mass is 10.0. The molecule has 0 aliphatic carbocycles. The Kier molecular flexibility index (Phi) is 5.03. The number of hydrogen-bond acceptors (Lipinski definition) is 7. The number of rotatable bonds is 4. The van der Waals surface area contributed by atoms with Crippen molar-refractivity contribution in [1.82, 2.24) is 19.7 Å². The van der Waals surface area contributed by atoms with Crippen LogP contribution in [0.25, 0.3) is 21.3 Å². The van der Waals surface area contributed by atoms with E-state index in [0.717, 1.165) is 11.2 Å². The zero-order valence-electron chi connectivity index (χ0n) is 15.7. The van der Waals surface area contributed by atoms with Crippen LogP contribution in [0.1, 0.15) is 13.3 Å². The highest BCUT2D eigenvalue weighted by molar-refractivity contribution is 7.17. The van der Waals surface area contributed by atoms with E-state index in [1.165, 1.54) is 15.9 Å². The number of aromatic hydroxyl groups is 1. The molecule has 0 radical (unpaired) electrons. The van der Waals surface area contributed by atoms with Crippen molar-refractivity contribution in [3.05, 3.63) is 33.9 Å². The van der Waals surface area contributed by atoms with Gasteiger partial charge in [0.25, 0.3) is 5.56 Å². The summed E-state index contributed by atoms with van der Waals surface area (Å²) >= 11 is 1.51. The molecule has 1 fully saturated rings. The van der Waals surface area contributed by atoms with Gasteiger partial charge in [0, 0.05) is 42.7 Å². The Morgan fingerprint density at radius 2 is 2.14 bits per heavy atom. The molecular formula is C19H22FN5O2S. The Morgan fingerprint density at radius 3 is 2.93 bits per heavy atom. The highest BCUT2D eigenvalue weighted by Crippen LogP contribution is 2.36. The van der Waals surface area contributed by atoms with Gasteiger partial charge in [-0.05, 0) is 30.1 Å². The molecule has 148 valence electrons. The van der Waals surface area contributed by atoms with E-state index in [2.05, 4.69) is 15.5 Å². The third-order valence-electron chi connectivity index (χ3n) is 5.19. The maximum atomic E-state index is 14.0. The van der Waals surface area contributed by atoms with Crippen molar-refractivity contribution in [2.24, 2.45) is 7.05 Å².